The largest absolute Gasteiger partial charge is 0.309 e. The van der Waals surface area contributed by atoms with Gasteiger partial charge in [-0.15, -0.1) is 0 Å². The van der Waals surface area contributed by atoms with Crippen LogP contribution in [0.3, 0.4) is 0 Å². The van der Waals surface area contributed by atoms with E-state index in [2.05, 4.69) is 175 Å². The lowest BCUT2D eigenvalue weighted by Crippen LogP contribution is -2.28. The van der Waals surface area contributed by atoms with Gasteiger partial charge < -0.3 is 4.90 Å². The molecule has 0 bridgehead atoms. The highest BCUT2D eigenvalue weighted by molar-refractivity contribution is 6.31. The minimum atomic E-state index is -0.483. The number of fused-ring (bicyclic) bond motifs is 3. The zero-order valence-electron chi connectivity index (χ0n) is 24.6. The SMILES string of the molecule is Clc1cccc(N(c2ccccc2-c2ccccc2)c2cccc3c2-c2ccccc2C3(c2ccccc2)c2ccccc2)c1. The Morgan fingerprint density at radius 2 is 0.956 bits per heavy atom. The third-order valence-corrected chi connectivity index (χ3v) is 9.23. The van der Waals surface area contributed by atoms with Crippen molar-refractivity contribution >= 4 is 28.7 Å². The maximum Gasteiger partial charge on any atom is 0.0714 e. The molecule has 1 nitrogen and oxygen atoms in total. The van der Waals surface area contributed by atoms with Crippen molar-refractivity contribution in [3.8, 4) is 22.3 Å². The quantitative estimate of drug-likeness (QED) is 0.185. The van der Waals surface area contributed by atoms with Crippen LogP contribution in [0.4, 0.5) is 17.1 Å². The van der Waals surface area contributed by atoms with Crippen molar-refractivity contribution in [2.24, 2.45) is 0 Å². The van der Waals surface area contributed by atoms with Crippen molar-refractivity contribution in [2.75, 3.05) is 4.90 Å². The van der Waals surface area contributed by atoms with Crippen molar-refractivity contribution in [2.45, 2.75) is 5.41 Å². The average Bonchev–Trinajstić information content (AvgIpc) is 3.42. The molecule has 0 radical (unpaired) electrons. The maximum atomic E-state index is 6.70. The first kappa shape index (κ1) is 27.2. The fourth-order valence-corrected chi connectivity index (χ4v) is 7.40. The molecule has 0 spiro atoms. The molecule has 0 amide bonds. The summed E-state index contributed by atoms with van der Waals surface area (Å²) in [6, 6.07) is 65.0. The molecule has 1 aliphatic carbocycles. The number of hydrogen-bond acceptors (Lipinski definition) is 1. The second-order valence-corrected chi connectivity index (χ2v) is 11.9. The van der Waals surface area contributed by atoms with Gasteiger partial charge in [0.05, 0.1) is 16.8 Å². The minimum absolute atomic E-state index is 0.483. The Kier molecular flexibility index (Phi) is 6.82. The summed E-state index contributed by atoms with van der Waals surface area (Å²) in [4.78, 5) is 2.38. The second-order valence-electron chi connectivity index (χ2n) is 11.4. The molecule has 0 N–H and O–H groups in total. The number of para-hydroxylation sites is 1. The van der Waals surface area contributed by atoms with Gasteiger partial charge in [0.1, 0.15) is 0 Å². The van der Waals surface area contributed by atoms with Crippen LogP contribution in [0.2, 0.25) is 5.02 Å². The standard InChI is InChI=1S/C43H30ClN/c44-34-22-14-23-35(30-34)45(40-28-13-11-24-36(40)31-16-4-1-5-17-31)41-29-15-27-39-42(41)37-25-10-12-26-38(37)43(39,32-18-6-2-7-19-32)33-20-8-3-9-21-33/h1-30H. The molecule has 0 aliphatic heterocycles. The van der Waals surface area contributed by atoms with Gasteiger partial charge in [-0.25, -0.2) is 0 Å². The van der Waals surface area contributed by atoms with Crippen molar-refractivity contribution in [3.63, 3.8) is 0 Å². The lowest BCUT2D eigenvalue weighted by Gasteiger charge is -2.34. The third-order valence-electron chi connectivity index (χ3n) is 9.00. The topological polar surface area (TPSA) is 3.24 Å². The Morgan fingerprint density at radius 1 is 0.422 bits per heavy atom. The van der Waals surface area contributed by atoms with E-state index in [1.165, 1.54) is 33.4 Å². The van der Waals surface area contributed by atoms with E-state index in [-0.39, 0.29) is 0 Å². The third kappa shape index (κ3) is 4.39. The zero-order chi connectivity index (χ0) is 30.2. The van der Waals surface area contributed by atoms with E-state index in [1.807, 2.05) is 12.1 Å². The number of hydrogen-bond donors (Lipinski definition) is 0. The lowest BCUT2D eigenvalue weighted by molar-refractivity contribution is 0.768. The highest BCUT2D eigenvalue weighted by Gasteiger charge is 2.47. The fourth-order valence-electron chi connectivity index (χ4n) is 7.21. The van der Waals surface area contributed by atoms with Crippen molar-refractivity contribution in [1.29, 1.82) is 0 Å². The molecular formula is C43H30ClN. The van der Waals surface area contributed by atoms with Crippen LogP contribution in [-0.4, -0.2) is 0 Å². The molecule has 0 unspecified atom stereocenters. The summed E-state index contributed by atoms with van der Waals surface area (Å²) < 4.78 is 0. The number of anilines is 3. The van der Waals surface area contributed by atoms with Gasteiger partial charge in [-0.2, -0.15) is 0 Å². The van der Waals surface area contributed by atoms with Crippen molar-refractivity contribution < 1.29 is 0 Å². The number of nitrogens with zero attached hydrogens (tertiary/aromatic N) is 1. The zero-order valence-corrected chi connectivity index (χ0v) is 25.4. The van der Waals surface area contributed by atoms with E-state index in [9.17, 15) is 0 Å². The Bertz CT molecular complexity index is 2080. The Balaban J connectivity index is 1.49. The van der Waals surface area contributed by atoms with Crippen molar-refractivity contribution in [1.82, 2.24) is 0 Å². The van der Waals surface area contributed by atoms with E-state index in [4.69, 9.17) is 11.6 Å². The van der Waals surface area contributed by atoms with Gasteiger partial charge in [0, 0.05) is 21.8 Å². The van der Waals surface area contributed by atoms with Crippen LogP contribution in [0.5, 0.6) is 0 Å². The molecule has 7 aromatic carbocycles. The van der Waals surface area contributed by atoms with E-state index >= 15 is 0 Å². The number of rotatable bonds is 6. The molecule has 214 valence electrons. The van der Waals surface area contributed by atoms with Crippen molar-refractivity contribution in [3.05, 3.63) is 209 Å². The molecule has 0 fully saturated rings. The summed E-state index contributed by atoms with van der Waals surface area (Å²) >= 11 is 6.70. The van der Waals surface area contributed by atoms with Gasteiger partial charge in [0.15, 0.2) is 0 Å². The molecule has 45 heavy (non-hydrogen) atoms. The van der Waals surface area contributed by atoms with Crippen LogP contribution >= 0.6 is 11.6 Å². The maximum absolute atomic E-state index is 6.70. The molecule has 8 rings (SSSR count). The Morgan fingerprint density at radius 3 is 1.64 bits per heavy atom. The van der Waals surface area contributed by atoms with Gasteiger partial charge in [-0.05, 0) is 63.7 Å². The van der Waals surface area contributed by atoms with Crippen LogP contribution in [0.25, 0.3) is 22.3 Å². The van der Waals surface area contributed by atoms with Crippen LogP contribution < -0.4 is 4.90 Å². The molecule has 1 aliphatic rings. The summed E-state index contributed by atoms with van der Waals surface area (Å²) in [5, 5.41) is 0.700. The molecule has 0 saturated heterocycles. The highest BCUT2D eigenvalue weighted by Crippen LogP contribution is 2.59. The van der Waals surface area contributed by atoms with Gasteiger partial charge in [-0.3, -0.25) is 0 Å². The Hall–Kier alpha value is -5.37. The van der Waals surface area contributed by atoms with Gasteiger partial charge in [0.25, 0.3) is 0 Å². The first-order chi connectivity index (χ1) is 22.3. The smallest absolute Gasteiger partial charge is 0.0714 e. The Labute approximate surface area is 269 Å². The van der Waals surface area contributed by atoms with Crippen LogP contribution in [0.15, 0.2) is 182 Å². The first-order valence-electron chi connectivity index (χ1n) is 15.3. The summed E-state index contributed by atoms with van der Waals surface area (Å²) in [7, 11) is 0. The van der Waals surface area contributed by atoms with Crippen LogP contribution in [0.1, 0.15) is 22.3 Å². The van der Waals surface area contributed by atoms with E-state index < -0.39 is 5.41 Å². The summed E-state index contributed by atoms with van der Waals surface area (Å²) in [6.07, 6.45) is 0. The molecule has 0 aromatic heterocycles. The normalized spacial score (nSPS) is 12.7. The van der Waals surface area contributed by atoms with Gasteiger partial charge in [0.2, 0.25) is 0 Å². The molecular weight excluding hydrogens is 566 g/mol. The number of halogens is 1. The van der Waals surface area contributed by atoms with Crippen LogP contribution in [0, 0.1) is 0 Å². The molecule has 0 atom stereocenters. The second kappa shape index (κ2) is 11.3. The number of benzene rings is 7. The predicted octanol–water partition coefficient (Wildman–Crippen LogP) is 11.8. The molecule has 0 saturated carbocycles. The van der Waals surface area contributed by atoms with Gasteiger partial charge in [-0.1, -0.05) is 163 Å². The summed E-state index contributed by atoms with van der Waals surface area (Å²) in [6.45, 7) is 0. The van der Waals surface area contributed by atoms with E-state index in [0.29, 0.717) is 5.02 Å². The average molecular weight is 596 g/mol. The predicted molar refractivity (Wildman–Crippen MR) is 189 cm³/mol. The van der Waals surface area contributed by atoms with E-state index in [0.717, 1.165) is 28.2 Å². The highest BCUT2D eigenvalue weighted by atomic mass is 35.5. The molecule has 0 heterocycles. The summed E-state index contributed by atoms with van der Waals surface area (Å²) in [5.41, 5.74) is 12.6. The minimum Gasteiger partial charge on any atom is -0.309 e. The first-order valence-corrected chi connectivity index (χ1v) is 15.7. The van der Waals surface area contributed by atoms with Crippen LogP contribution in [-0.2, 0) is 5.41 Å². The summed E-state index contributed by atoms with van der Waals surface area (Å²) in [5.74, 6) is 0. The molecule has 2 heteroatoms. The fraction of sp³-hybridized carbons (Fsp3) is 0.0233. The molecule has 7 aromatic rings. The lowest BCUT2D eigenvalue weighted by atomic mass is 9.68. The van der Waals surface area contributed by atoms with Gasteiger partial charge >= 0.3 is 0 Å². The van der Waals surface area contributed by atoms with E-state index in [1.54, 1.807) is 0 Å². The monoisotopic (exact) mass is 595 g/mol.